The second kappa shape index (κ2) is 7.00. The van der Waals surface area contributed by atoms with Crippen LogP contribution < -0.4 is 16.1 Å². The Morgan fingerprint density at radius 3 is 2.71 bits per heavy atom. The largest absolute Gasteiger partial charge is 0.344 e. The van der Waals surface area contributed by atoms with Crippen molar-refractivity contribution in [3.8, 4) is 0 Å². The molecular weight excluding hydrogens is 312 g/mol. The first-order valence-electron chi connectivity index (χ1n) is 7.94. The lowest BCUT2D eigenvalue weighted by Gasteiger charge is -2.20. The minimum atomic E-state index is -0.969. The van der Waals surface area contributed by atoms with Gasteiger partial charge >= 0.3 is 6.03 Å². The van der Waals surface area contributed by atoms with Crippen LogP contribution in [0.1, 0.15) is 32.8 Å². The summed E-state index contributed by atoms with van der Waals surface area (Å²) in [7, 11) is 0. The van der Waals surface area contributed by atoms with Crippen LogP contribution in [0, 0.1) is 6.92 Å². The van der Waals surface area contributed by atoms with E-state index >= 15 is 0 Å². The van der Waals surface area contributed by atoms with E-state index in [1.54, 1.807) is 24.7 Å². The molecule has 4 amide bonds. The number of urea groups is 1. The van der Waals surface area contributed by atoms with Crippen LogP contribution in [0.15, 0.2) is 12.4 Å². The van der Waals surface area contributed by atoms with E-state index in [2.05, 4.69) is 21.2 Å². The van der Waals surface area contributed by atoms with Crippen LogP contribution in [0.4, 0.5) is 4.79 Å². The van der Waals surface area contributed by atoms with Gasteiger partial charge in [0.05, 0.1) is 19.3 Å². The van der Waals surface area contributed by atoms with Crippen molar-refractivity contribution in [1.29, 1.82) is 0 Å². The van der Waals surface area contributed by atoms with Gasteiger partial charge in [-0.2, -0.15) is 10.1 Å². The van der Waals surface area contributed by atoms with E-state index in [-0.39, 0.29) is 12.6 Å². The van der Waals surface area contributed by atoms with Gasteiger partial charge in [-0.1, -0.05) is 6.92 Å². The van der Waals surface area contributed by atoms with Crippen LogP contribution >= 0.6 is 0 Å². The summed E-state index contributed by atoms with van der Waals surface area (Å²) in [6.07, 6.45) is 4.13. The number of nitrogens with zero attached hydrogens (tertiary/aromatic N) is 3. The number of rotatable bonds is 7. The van der Waals surface area contributed by atoms with Crippen LogP contribution in [0.25, 0.3) is 0 Å². The third-order valence-electron chi connectivity index (χ3n) is 4.04. The van der Waals surface area contributed by atoms with Crippen LogP contribution in [-0.2, 0) is 16.1 Å². The van der Waals surface area contributed by atoms with Gasteiger partial charge in [0, 0.05) is 12.2 Å². The number of hydrazine groups is 1. The van der Waals surface area contributed by atoms with Gasteiger partial charge < -0.3 is 10.6 Å². The predicted molar refractivity (Wildman–Crippen MR) is 86.6 cm³/mol. The van der Waals surface area contributed by atoms with E-state index in [1.165, 1.54) is 0 Å². The molecule has 1 aliphatic heterocycles. The first kappa shape index (κ1) is 17.9. The summed E-state index contributed by atoms with van der Waals surface area (Å²) < 4.78 is 1.79. The average Bonchev–Trinajstić information content (AvgIpc) is 3.02. The summed E-state index contributed by atoms with van der Waals surface area (Å²) in [5.41, 5.74) is 2.44. The van der Waals surface area contributed by atoms with Crippen LogP contribution in [-0.4, -0.2) is 50.8 Å². The standard InChI is InChI=1S/C15H24N6O3/c1-5-15(4)13(23)21(14(24)18-15)19-12(22)7-16-11(3)9-20-8-10(2)6-17-20/h6,8,11,16H,5,7,9H2,1-4H3,(H,18,24)(H,19,22)/t11-,15+/m0/s1. The van der Waals surface area contributed by atoms with Crippen LogP contribution in [0.2, 0.25) is 0 Å². The zero-order chi connectivity index (χ0) is 17.9. The van der Waals surface area contributed by atoms with Crippen molar-refractivity contribution in [2.24, 2.45) is 0 Å². The van der Waals surface area contributed by atoms with E-state index in [1.807, 2.05) is 20.0 Å². The summed E-state index contributed by atoms with van der Waals surface area (Å²) >= 11 is 0. The Labute approximate surface area is 140 Å². The molecule has 9 heteroatoms. The first-order chi connectivity index (χ1) is 11.2. The molecule has 132 valence electrons. The Morgan fingerprint density at radius 2 is 2.17 bits per heavy atom. The summed E-state index contributed by atoms with van der Waals surface area (Å²) in [5, 5.41) is 10.5. The predicted octanol–water partition coefficient (Wildman–Crippen LogP) is -0.0787. The summed E-state index contributed by atoms with van der Waals surface area (Å²) in [6.45, 7) is 7.90. The molecule has 0 unspecified atom stereocenters. The van der Waals surface area contributed by atoms with Gasteiger partial charge in [0.25, 0.3) is 11.8 Å². The maximum absolute atomic E-state index is 12.2. The third-order valence-corrected chi connectivity index (χ3v) is 4.04. The third kappa shape index (κ3) is 3.91. The lowest BCUT2D eigenvalue weighted by molar-refractivity contribution is -0.138. The van der Waals surface area contributed by atoms with Crippen molar-refractivity contribution in [2.45, 2.75) is 52.2 Å². The number of aromatic nitrogens is 2. The minimum Gasteiger partial charge on any atom is -0.322 e. The molecule has 1 aromatic heterocycles. The second-order valence-electron chi connectivity index (χ2n) is 6.31. The van der Waals surface area contributed by atoms with Crippen molar-refractivity contribution in [1.82, 2.24) is 30.8 Å². The molecule has 2 rings (SSSR count). The van der Waals surface area contributed by atoms with Gasteiger partial charge in [-0.3, -0.25) is 19.7 Å². The SMILES string of the molecule is CC[C@@]1(C)NC(=O)N(NC(=O)CN[C@@H](C)Cn2cc(C)cn2)C1=O. The van der Waals surface area contributed by atoms with E-state index < -0.39 is 23.4 Å². The summed E-state index contributed by atoms with van der Waals surface area (Å²) in [6, 6.07) is -0.614. The maximum Gasteiger partial charge on any atom is 0.344 e. The molecule has 3 N–H and O–H groups in total. The van der Waals surface area contributed by atoms with Gasteiger partial charge in [-0.25, -0.2) is 4.79 Å². The molecule has 0 aromatic carbocycles. The average molecular weight is 336 g/mol. The fraction of sp³-hybridized carbons (Fsp3) is 0.600. The Morgan fingerprint density at radius 1 is 1.46 bits per heavy atom. The Hall–Kier alpha value is -2.42. The molecule has 1 aromatic rings. The van der Waals surface area contributed by atoms with Gasteiger partial charge in [0.15, 0.2) is 0 Å². The maximum atomic E-state index is 12.2. The number of imide groups is 1. The zero-order valence-corrected chi connectivity index (χ0v) is 14.4. The van der Waals surface area contributed by atoms with Gasteiger partial charge in [0.1, 0.15) is 5.54 Å². The molecule has 2 heterocycles. The molecule has 0 bridgehead atoms. The van der Waals surface area contributed by atoms with E-state index in [9.17, 15) is 14.4 Å². The van der Waals surface area contributed by atoms with Crippen molar-refractivity contribution in [2.75, 3.05) is 6.54 Å². The number of carbonyl (C=O) groups excluding carboxylic acids is 3. The Bertz CT molecular complexity index is 643. The highest BCUT2D eigenvalue weighted by Crippen LogP contribution is 2.18. The zero-order valence-electron chi connectivity index (χ0n) is 14.4. The van der Waals surface area contributed by atoms with E-state index in [0.29, 0.717) is 13.0 Å². The fourth-order valence-electron chi connectivity index (χ4n) is 2.37. The normalized spacial score (nSPS) is 21.8. The monoisotopic (exact) mass is 336 g/mol. The molecule has 1 aliphatic rings. The molecule has 24 heavy (non-hydrogen) atoms. The molecule has 0 aliphatic carbocycles. The molecule has 0 spiro atoms. The molecule has 1 fully saturated rings. The molecule has 9 nitrogen and oxygen atoms in total. The Kier molecular flexibility index (Phi) is 5.23. The molecule has 0 radical (unpaired) electrons. The molecule has 1 saturated heterocycles. The van der Waals surface area contributed by atoms with Crippen molar-refractivity contribution < 1.29 is 14.4 Å². The number of amides is 4. The Balaban J connectivity index is 1.81. The summed E-state index contributed by atoms with van der Waals surface area (Å²) in [5.74, 6) is -0.911. The van der Waals surface area contributed by atoms with Crippen molar-refractivity contribution in [3.63, 3.8) is 0 Å². The molecule has 2 atom stereocenters. The van der Waals surface area contributed by atoms with Crippen LogP contribution in [0.3, 0.4) is 0 Å². The van der Waals surface area contributed by atoms with Gasteiger partial charge in [-0.05, 0) is 32.8 Å². The first-order valence-corrected chi connectivity index (χ1v) is 7.94. The minimum absolute atomic E-state index is 0.000867. The van der Waals surface area contributed by atoms with Gasteiger partial charge in [-0.15, -0.1) is 0 Å². The van der Waals surface area contributed by atoms with Crippen LogP contribution in [0.5, 0.6) is 0 Å². The van der Waals surface area contributed by atoms with E-state index in [4.69, 9.17) is 0 Å². The number of nitrogens with one attached hydrogen (secondary N) is 3. The fourth-order valence-corrected chi connectivity index (χ4v) is 2.37. The highest BCUT2D eigenvalue weighted by atomic mass is 16.2. The molecule has 0 saturated carbocycles. The van der Waals surface area contributed by atoms with Gasteiger partial charge in [0.2, 0.25) is 0 Å². The quantitative estimate of drug-likeness (QED) is 0.604. The van der Waals surface area contributed by atoms with Crippen molar-refractivity contribution >= 4 is 17.8 Å². The number of carbonyl (C=O) groups is 3. The second-order valence-corrected chi connectivity index (χ2v) is 6.31. The number of hydrogen-bond donors (Lipinski definition) is 3. The lowest BCUT2D eigenvalue weighted by atomic mass is 10.00. The lowest BCUT2D eigenvalue weighted by Crippen LogP contribution is -2.51. The number of aryl methyl sites for hydroxylation is 1. The number of hydrogen-bond acceptors (Lipinski definition) is 5. The molecular formula is C15H24N6O3. The highest BCUT2D eigenvalue weighted by molar-refractivity contribution is 6.07. The smallest absolute Gasteiger partial charge is 0.322 e. The summed E-state index contributed by atoms with van der Waals surface area (Å²) in [4.78, 5) is 36.0. The highest BCUT2D eigenvalue weighted by Gasteiger charge is 2.47. The topological polar surface area (TPSA) is 108 Å². The van der Waals surface area contributed by atoms with Crippen molar-refractivity contribution in [3.05, 3.63) is 18.0 Å². The van der Waals surface area contributed by atoms with E-state index in [0.717, 1.165) is 10.6 Å².